The number of fused-ring (bicyclic) bond motifs is 1. The molecular weight excluding hydrogens is 348 g/mol. The summed E-state index contributed by atoms with van der Waals surface area (Å²) in [5.74, 6) is 0.723. The summed E-state index contributed by atoms with van der Waals surface area (Å²) in [5.41, 5.74) is 2.09. The fourth-order valence-corrected chi connectivity index (χ4v) is 4.04. The van der Waals surface area contributed by atoms with Gasteiger partial charge in [0.2, 0.25) is 5.91 Å². The van der Waals surface area contributed by atoms with Crippen LogP contribution in [0.15, 0.2) is 47.4 Å². The van der Waals surface area contributed by atoms with Crippen molar-refractivity contribution in [2.24, 2.45) is 0 Å². The highest BCUT2D eigenvalue weighted by Crippen LogP contribution is 2.28. The number of halogens is 1. The number of rotatable bonds is 5. The summed E-state index contributed by atoms with van der Waals surface area (Å²) in [4.78, 5) is 17.6. The molecule has 0 aliphatic carbocycles. The Bertz CT molecular complexity index is 830. The molecule has 3 rings (SSSR count). The molecule has 118 valence electrons. The molecule has 0 bridgehead atoms. The van der Waals surface area contributed by atoms with Crippen LogP contribution >= 0.6 is 34.7 Å². The predicted octanol–water partition coefficient (Wildman–Crippen LogP) is 5.38. The Morgan fingerprint density at radius 3 is 2.83 bits per heavy atom. The van der Waals surface area contributed by atoms with Gasteiger partial charge < -0.3 is 5.32 Å². The molecule has 0 aliphatic rings. The number of carbonyl (C=O) groups excluding carboxylic acids is 1. The third kappa shape index (κ3) is 4.47. The lowest BCUT2D eigenvalue weighted by Crippen LogP contribution is -2.11. The van der Waals surface area contributed by atoms with Crippen LogP contribution in [-0.4, -0.2) is 16.6 Å². The van der Waals surface area contributed by atoms with Crippen molar-refractivity contribution >= 4 is 56.0 Å². The van der Waals surface area contributed by atoms with E-state index in [4.69, 9.17) is 11.6 Å². The quantitative estimate of drug-likeness (QED) is 0.619. The first-order valence-corrected chi connectivity index (χ1v) is 9.33. The molecule has 3 nitrogen and oxygen atoms in total. The van der Waals surface area contributed by atoms with E-state index in [2.05, 4.69) is 41.5 Å². The molecule has 0 saturated heterocycles. The second-order valence-corrected chi connectivity index (χ2v) is 7.73. The summed E-state index contributed by atoms with van der Waals surface area (Å²) >= 11 is 9.08. The lowest BCUT2D eigenvalue weighted by atomic mass is 10.2. The number of nitrogens with one attached hydrogen (secondary N) is 1. The lowest BCUT2D eigenvalue weighted by Gasteiger charge is -2.02. The fourth-order valence-electron chi connectivity index (χ4n) is 2.03. The summed E-state index contributed by atoms with van der Waals surface area (Å²) in [6.07, 6.45) is 0.454. The van der Waals surface area contributed by atoms with Crippen molar-refractivity contribution in [1.29, 1.82) is 0 Å². The van der Waals surface area contributed by atoms with Crippen molar-refractivity contribution in [3.63, 3.8) is 0 Å². The van der Waals surface area contributed by atoms with E-state index in [-0.39, 0.29) is 5.91 Å². The van der Waals surface area contributed by atoms with E-state index in [1.54, 1.807) is 17.8 Å². The van der Waals surface area contributed by atoms with Crippen LogP contribution < -0.4 is 5.32 Å². The molecule has 0 aliphatic heterocycles. The number of thioether (sulfide) groups is 1. The Morgan fingerprint density at radius 1 is 1.26 bits per heavy atom. The second kappa shape index (κ2) is 7.34. The van der Waals surface area contributed by atoms with Gasteiger partial charge in [-0.15, -0.1) is 11.8 Å². The van der Waals surface area contributed by atoms with Gasteiger partial charge in [-0.1, -0.05) is 40.6 Å². The molecule has 1 aromatic heterocycles. The smallest absolute Gasteiger partial charge is 0.226 e. The van der Waals surface area contributed by atoms with E-state index in [9.17, 15) is 4.79 Å². The molecule has 3 aromatic rings. The zero-order valence-electron chi connectivity index (χ0n) is 12.5. The fraction of sp³-hybridized carbons (Fsp3) is 0.176. The molecular formula is C17H15ClN2OS2. The van der Waals surface area contributed by atoms with Crippen molar-refractivity contribution in [3.8, 4) is 0 Å². The number of anilines is 1. The Kier molecular flexibility index (Phi) is 5.20. The van der Waals surface area contributed by atoms with Crippen molar-refractivity contribution in [1.82, 2.24) is 4.98 Å². The summed E-state index contributed by atoms with van der Waals surface area (Å²) in [6, 6.07) is 13.8. The Labute approximate surface area is 148 Å². The normalized spacial score (nSPS) is 10.9. The molecule has 1 N–H and O–H groups in total. The van der Waals surface area contributed by atoms with E-state index < -0.39 is 0 Å². The van der Waals surface area contributed by atoms with Gasteiger partial charge in [0.25, 0.3) is 0 Å². The SMILES string of the molecule is Cc1ccc(SCCC(=O)Nc2nc3ccc(Cl)cc3s2)cc1. The van der Waals surface area contributed by atoms with Crippen molar-refractivity contribution in [3.05, 3.63) is 53.1 Å². The van der Waals surface area contributed by atoms with E-state index in [1.807, 2.05) is 12.1 Å². The molecule has 0 fully saturated rings. The number of carbonyl (C=O) groups is 1. The Hall–Kier alpha value is -1.56. The Morgan fingerprint density at radius 2 is 2.04 bits per heavy atom. The van der Waals surface area contributed by atoms with E-state index in [1.165, 1.54) is 21.8 Å². The maximum atomic E-state index is 12.0. The average molecular weight is 363 g/mol. The molecule has 6 heteroatoms. The van der Waals surface area contributed by atoms with Gasteiger partial charge in [-0.3, -0.25) is 4.79 Å². The second-order valence-electron chi connectivity index (χ2n) is 5.09. The average Bonchev–Trinajstić information content (AvgIpc) is 2.90. The number of hydrogen-bond donors (Lipinski definition) is 1. The number of nitrogens with zero attached hydrogens (tertiary/aromatic N) is 1. The van der Waals surface area contributed by atoms with Crippen LogP contribution in [0.5, 0.6) is 0 Å². The minimum atomic E-state index is -0.0187. The minimum absolute atomic E-state index is 0.0187. The highest BCUT2D eigenvalue weighted by atomic mass is 35.5. The predicted molar refractivity (Wildman–Crippen MR) is 99.8 cm³/mol. The van der Waals surface area contributed by atoms with E-state index in [0.29, 0.717) is 16.6 Å². The third-order valence-electron chi connectivity index (χ3n) is 3.22. The maximum absolute atomic E-state index is 12.0. The lowest BCUT2D eigenvalue weighted by molar-refractivity contribution is -0.115. The van der Waals surface area contributed by atoms with Crippen LogP contribution in [0.3, 0.4) is 0 Å². The number of amides is 1. The summed E-state index contributed by atoms with van der Waals surface area (Å²) < 4.78 is 0.974. The van der Waals surface area contributed by atoms with Gasteiger partial charge in [-0.25, -0.2) is 4.98 Å². The van der Waals surface area contributed by atoms with Crippen molar-refractivity contribution < 1.29 is 4.79 Å². The molecule has 0 atom stereocenters. The van der Waals surface area contributed by atoms with E-state index >= 15 is 0 Å². The summed E-state index contributed by atoms with van der Waals surface area (Å²) in [7, 11) is 0. The molecule has 1 heterocycles. The highest BCUT2D eigenvalue weighted by Gasteiger charge is 2.08. The van der Waals surface area contributed by atoms with E-state index in [0.717, 1.165) is 16.0 Å². The van der Waals surface area contributed by atoms with Crippen molar-refractivity contribution in [2.75, 3.05) is 11.1 Å². The van der Waals surface area contributed by atoms with Gasteiger partial charge in [-0.05, 0) is 37.3 Å². The highest BCUT2D eigenvalue weighted by molar-refractivity contribution is 7.99. The van der Waals surface area contributed by atoms with Gasteiger partial charge in [0, 0.05) is 22.1 Å². The summed E-state index contributed by atoms with van der Waals surface area (Å²) in [6.45, 7) is 2.06. The monoisotopic (exact) mass is 362 g/mol. The van der Waals surface area contributed by atoms with Gasteiger partial charge in [0.1, 0.15) is 0 Å². The molecule has 0 saturated carbocycles. The number of thiazole rings is 1. The molecule has 0 unspecified atom stereocenters. The van der Waals surface area contributed by atoms with Gasteiger partial charge in [0.15, 0.2) is 5.13 Å². The number of benzene rings is 2. The first-order chi connectivity index (χ1) is 11.1. The van der Waals surface area contributed by atoms with Crippen LogP contribution in [0.4, 0.5) is 5.13 Å². The summed E-state index contributed by atoms with van der Waals surface area (Å²) in [5, 5.41) is 4.15. The zero-order valence-corrected chi connectivity index (χ0v) is 14.9. The topological polar surface area (TPSA) is 42.0 Å². The number of aryl methyl sites for hydroxylation is 1. The van der Waals surface area contributed by atoms with Gasteiger partial charge in [-0.2, -0.15) is 0 Å². The zero-order chi connectivity index (χ0) is 16.2. The largest absolute Gasteiger partial charge is 0.302 e. The molecule has 1 amide bonds. The molecule has 0 radical (unpaired) electrons. The number of hydrogen-bond acceptors (Lipinski definition) is 4. The van der Waals surface area contributed by atoms with Crippen LogP contribution in [-0.2, 0) is 4.79 Å². The van der Waals surface area contributed by atoms with Crippen LogP contribution in [0.1, 0.15) is 12.0 Å². The van der Waals surface area contributed by atoms with Crippen molar-refractivity contribution in [2.45, 2.75) is 18.2 Å². The molecule has 2 aromatic carbocycles. The first-order valence-electron chi connectivity index (χ1n) is 7.15. The van der Waals surface area contributed by atoms with Crippen LogP contribution in [0.2, 0.25) is 5.02 Å². The molecule has 23 heavy (non-hydrogen) atoms. The van der Waals surface area contributed by atoms with Crippen LogP contribution in [0, 0.1) is 6.92 Å². The standard InChI is InChI=1S/C17H15ClN2OS2/c1-11-2-5-13(6-3-11)22-9-8-16(21)20-17-19-14-7-4-12(18)10-15(14)23-17/h2-7,10H,8-9H2,1H3,(H,19,20,21). The number of aromatic nitrogens is 1. The first kappa shape index (κ1) is 16.3. The van der Waals surface area contributed by atoms with Gasteiger partial charge in [0.05, 0.1) is 10.2 Å². The third-order valence-corrected chi connectivity index (χ3v) is 5.40. The minimum Gasteiger partial charge on any atom is -0.302 e. The maximum Gasteiger partial charge on any atom is 0.226 e. The Balaban J connectivity index is 1.53. The van der Waals surface area contributed by atoms with Gasteiger partial charge >= 0.3 is 0 Å². The van der Waals surface area contributed by atoms with Crippen LogP contribution in [0.25, 0.3) is 10.2 Å². The molecule has 0 spiro atoms.